The Morgan fingerprint density at radius 2 is 1.04 bits per heavy atom. The van der Waals surface area contributed by atoms with Crippen LogP contribution in [-0.2, 0) is 14.3 Å². The molecule has 0 unspecified atom stereocenters. The molecule has 0 spiro atoms. The summed E-state index contributed by atoms with van der Waals surface area (Å²) in [4.78, 5) is 45.5. The summed E-state index contributed by atoms with van der Waals surface area (Å²) >= 11 is 4.87. The normalized spacial score (nSPS) is 9.80. The van der Waals surface area contributed by atoms with Gasteiger partial charge in [0.1, 0.15) is 42.8 Å². The molecular weight excluding hydrogens is 652 g/mol. The van der Waals surface area contributed by atoms with Gasteiger partial charge < -0.3 is 29.5 Å². The number of aromatic hydroxyl groups is 2. The van der Waals surface area contributed by atoms with Crippen molar-refractivity contribution in [2.24, 2.45) is 0 Å². The van der Waals surface area contributed by atoms with E-state index in [9.17, 15) is 29.4 Å². The average Bonchev–Trinajstić information content (AvgIpc) is 3.10. The van der Waals surface area contributed by atoms with Gasteiger partial charge in [-0.1, -0.05) is 73.8 Å². The molecule has 0 saturated carbocycles. The number of hydrogen-bond donors (Lipinski definition) is 3. The number of phenolic OH excluding ortho intramolecular Hbond substituents is 2. The second-order valence-corrected chi connectivity index (χ2v) is 10.5. The van der Waals surface area contributed by atoms with Crippen LogP contribution in [0.15, 0.2) is 121 Å². The van der Waals surface area contributed by atoms with Crippen molar-refractivity contribution >= 4 is 34.4 Å². The van der Waals surface area contributed by atoms with Crippen LogP contribution in [0.3, 0.4) is 0 Å². The first-order chi connectivity index (χ1) is 23.3. The highest BCUT2D eigenvalue weighted by Crippen LogP contribution is 2.27. The lowest BCUT2D eigenvalue weighted by molar-refractivity contribution is -0.139. The van der Waals surface area contributed by atoms with Gasteiger partial charge in [0.15, 0.2) is 11.6 Å². The SMILES string of the molecule is C=C(C)C(=O)Cl.C=C(C)C(=O)OCCOc1ccc(C(=O)c2ccccc2)c(O)c1.O=C(c1ccccc1)c1ccc(OCCO)cc1O. The van der Waals surface area contributed by atoms with Crippen LogP contribution in [0.25, 0.3) is 0 Å². The number of hydrogen-bond acceptors (Lipinski definition) is 10. The fourth-order valence-corrected chi connectivity index (χ4v) is 3.66. The van der Waals surface area contributed by atoms with Gasteiger partial charge in [-0.15, -0.1) is 0 Å². The lowest BCUT2D eigenvalue weighted by Gasteiger charge is -2.09. The number of aliphatic hydroxyl groups is 1. The van der Waals surface area contributed by atoms with E-state index in [-0.39, 0.29) is 60.6 Å². The fraction of sp³-hybridized carbons (Fsp3) is 0.158. The summed E-state index contributed by atoms with van der Waals surface area (Å²) < 4.78 is 15.4. The molecule has 0 aliphatic heterocycles. The zero-order valence-corrected chi connectivity index (χ0v) is 27.8. The van der Waals surface area contributed by atoms with E-state index in [0.29, 0.717) is 33.8 Å². The number of phenols is 2. The summed E-state index contributed by atoms with van der Waals surface area (Å²) in [6.07, 6.45) is 0. The molecule has 10 nitrogen and oxygen atoms in total. The van der Waals surface area contributed by atoms with E-state index in [4.69, 9.17) is 30.9 Å². The molecule has 0 saturated heterocycles. The number of benzene rings is 4. The van der Waals surface area contributed by atoms with Crippen molar-refractivity contribution in [3.63, 3.8) is 0 Å². The van der Waals surface area contributed by atoms with E-state index in [1.165, 1.54) is 24.3 Å². The predicted molar refractivity (Wildman–Crippen MR) is 185 cm³/mol. The van der Waals surface area contributed by atoms with Gasteiger partial charge >= 0.3 is 5.97 Å². The Labute approximate surface area is 289 Å². The number of esters is 1. The molecule has 0 radical (unpaired) electrons. The van der Waals surface area contributed by atoms with Gasteiger partial charge in [0.2, 0.25) is 5.24 Å². The van der Waals surface area contributed by atoms with Crippen LogP contribution < -0.4 is 9.47 Å². The number of ether oxygens (including phenoxy) is 3. The summed E-state index contributed by atoms with van der Waals surface area (Å²) in [6, 6.07) is 26.3. The highest BCUT2D eigenvalue weighted by molar-refractivity contribution is 6.67. The minimum absolute atomic E-state index is 0.0666. The lowest BCUT2D eigenvalue weighted by Crippen LogP contribution is -2.12. The smallest absolute Gasteiger partial charge is 0.333 e. The third kappa shape index (κ3) is 13.5. The van der Waals surface area contributed by atoms with E-state index in [0.717, 1.165) is 0 Å². The summed E-state index contributed by atoms with van der Waals surface area (Å²) in [5, 5.41) is 28.1. The molecule has 11 heteroatoms. The van der Waals surface area contributed by atoms with Crippen LogP contribution in [0.4, 0.5) is 0 Å². The molecule has 3 N–H and O–H groups in total. The van der Waals surface area contributed by atoms with Gasteiger partial charge in [0.25, 0.3) is 0 Å². The van der Waals surface area contributed by atoms with Crippen LogP contribution in [0.2, 0.25) is 0 Å². The highest BCUT2D eigenvalue weighted by atomic mass is 35.5. The maximum absolute atomic E-state index is 12.3. The van der Waals surface area contributed by atoms with Gasteiger partial charge in [-0.25, -0.2) is 4.79 Å². The molecule has 0 aliphatic rings. The van der Waals surface area contributed by atoms with E-state index >= 15 is 0 Å². The molecule has 0 atom stereocenters. The first-order valence-corrected chi connectivity index (χ1v) is 15.1. The number of carbonyl (C=O) groups is 4. The number of aliphatic hydroxyl groups excluding tert-OH is 1. The Hall–Kier alpha value is -5.71. The molecule has 0 fully saturated rings. The van der Waals surface area contributed by atoms with Gasteiger partial charge in [-0.2, -0.15) is 0 Å². The van der Waals surface area contributed by atoms with Crippen molar-refractivity contribution in [1.82, 2.24) is 0 Å². The van der Waals surface area contributed by atoms with Crippen LogP contribution in [0.5, 0.6) is 23.0 Å². The van der Waals surface area contributed by atoms with Gasteiger partial charge in [0.05, 0.1) is 17.7 Å². The van der Waals surface area contributed by atoms with E-state index in [1.807, 2.05) is 12.1 Å². The molecule has 49 heavy (non-hydrogen) atoms. The standard InChI is InChI=1S/C19H18O5.C15H14O4.C4H5ClO/c1-13(2)19(22)24-11-10-23-15-8-9-16(17(20)12-15)18(21)14-6-4-3-5-7-14;16-8-9-19-12-6-7-13(14(17)10-12)15(18)11-4-2-1-3-5-11;1-3(2)4(5)6/h3-9,12,20H,1,10-11H2,2H3;1-7,10,16-17H,8-9H2;1H2,2H3. The number of halogens is 1. The Morgan fingerprint density at radius 1 is 0.633 bits per heavy atom. The third-order valence-corrected chi connectivity index (χ3v) is 6.45. The monoisotopic (exact) mass is 688 g/mol. The molecule has 4 aromatic carbocycles. The van der Waals surface area contributed by atoms with Gasteiger partial charge in [0, 0.05) is 34.4 Å². The maximum Gasteiger partial charge on any atom is 0.333 e. The minimum Gasteiger partial charge on any atom is -0.507 e. The molecule has 0 aliphatic carbocycles. The first-order valence-electron chi connectivity index (χ1n) is 14.8. The van der Waals surface area contributed by atoms with Crippen molar-refractivity contribution in [2.45, 2.75) is 13.8 Å². The van der Waals surface area contributed by atoms with Crippen LogP contribution in [-0.4, -0.2) is 64.5 Å². The molecule has 0 aromatic heterocycles. The van der Waals surface area contributed by atoms with Crippen LogP contribution in [0.1, 0.15) is 45.7 Å². The second-order valence-electron chi connectivity index (χ2n) is 10.1. The summed E-state index contributed by atoms with van der Waals surface area (Å²) in [5.74, 6) is -0.503. The quantitative estimate of drug-likeness (QED) is 0.0469. The summed E-state index contributed by atoms with van der Waals surface area (Å²) in [7, 11) is 0. The molecule has 256 valence electrons. The van der Waals surface area contributed by atoms with Crippen LogP contribution >= 0.6 is 11.6 Å². The third-order valence-electron chi connectivity index (χ3n) is 6.13. The zero-order chi connectivity index (χ0) is 36.3. The Balaban J connectivity index is 0.000000297. The summed E-state index contributed by atoms with van der Waals surface area (Å²) in [6.45, 7) is 10.1. The largest absolute Gasteiger partial charge is 0.507 e. The first kappa shape index (κ1) is 39.5. The summed E-state index contributed by atoms with van der Waals surface area (Å²) in [5.41, 5.74) is 2.13. The van der Waals surface area contributed by atoms with Crippen molar-refractivity contribution in [3.8, 4) is 23.0 Å². The molecule has 0 bridgehead atoms. The number of rotatable bonds is 13. The number of allylic oxidation sites excluding steroid dienone is 1. The molecule has 0 heterocycles. The Kier molecular flexibility index (Phi) is 16.5. The van der Waals surface area contributed by atoms with Crippen molar-refractivity contribution in [2.75, 3.05) is 26.4 Å². The molecule has 0 amide bonds. The number of carbonyl (C=O) groups excluding carboxylic acids is 4. The van der Waals surface area contributed by atoms with Crippen molar-refractivity contribution < 1.29 is 48.7 Å². The second kappa shape index (κ2) is 20.5. The average molecular weight is 689 g/mol. The Bertz CT molecular complexity index is 1740. The maximum atomic E-state index is 12.3. The predicted octanol–water partition coefficient (Wildman–Crippen LogP) is 6.44. The Morgan fingerprint density at radius 3 is 1.39 bits per heavy atom. The molecular formula is C38H37ClO10. The number of ketones is 2. The molecule has 4 rings (SSSR count). The minimum atomic E-state index is -0.481. The van der Waals surface area contributed by atoms with Crippen molar-refractivity contribution in [3.05, 3.63) is 144 Å². The molecule has 4 aromatic rings. The lowest BCUT2D eigenvalue weighted by atomic mass is 10.0. The topological polar surface area (TPSA) is 157 Å². The van der Waals surface area contributed by atoms with E-state index in [2.05, 4.69) is 13.2 Å². The van der Waals surface area contributed by atoms with Crippen LogP contribution in [0, 0.1) is 0 Å². The van der Waals surface area contributed by atoms with E-state index < -0.39 is 11.2 Å². The van der Waals surface area contributed by atoms with E-state index in [1.54, 1.807) is 74.5 Å². The zero-order valence-electron chi connectivity index (χ0n) is 27.1. The fourth-order valence-electron chi connectivity index (χ4n) is 3.66. The van der Waals surface area contributed by atoms with Crippen molar-refractivity contribution in [1.29, 1.82) is 0 Å². The van der Waals surface area contributed by atoms with Gasteiger partial charge in [-0.05, 0) is 49.7 Å². The highest BCUT2D eigenvalue weighted by Gasteiger charge is 2.15. The van der Waals surface area contributed by atoms with Gasteiger partial charge in [-0.3, -0.25) is 14.4 Å².